The summed E-state index contributed by atoms with van der Waals surface area (Å²) in [6, 6.07) is -0.0420. The second-order valence-electron chi connectivity index (χ2n) is 2.72. The van der Waals surface area contributed by atoms with Gasteiger partial charge in [0.15, 0.2) is 0 Å². The van der Waals surface area contributed by atoms with Crippen molar-refractivity contribution in [1.82, 2.24) is 15.0 Å². The molecule has 0 spiro atoms. The van der Waals surface area contributed by atoms with E-state index in [0.29, 0.717) is 0 Å². The molecule has 0 saturated carbocycles. The van der Waals surface area contributed by atoms with Gasteiger partial charge in [0.2, 0.25) is 5.28 Å². The van der Waals surface area contributed by atoms with Gasteiger partial charge in [0.25, 0.3) is 5.57 Å². The molecule has 17 heavy (non-hydrogen) atoms. The number of ether oxygens (including phenoxy) is 1. The maximum absolute atomic E-state index is 12.3. The number of rotatable bonds is 6. The van der Waals surface area contributed by atoms with E-state index in [1.807, 2.05) is 0 Å². The van der Waals surface area contributed by atoms with E-state index in [4.69, 9.17) is 25.4 Å². The van der Waals surface area contributed by atoms with Gasteiger partial charge in [-0.15, -0.1) is 0 Å². The molecule has 0 aromatic carbocycles. The maximum atomic E-state index is 12.3. The molecule has 1 heterocycles. The zero-order valence-electron chi connectivity index (χ0n) is 9.71. The molecule has 0 saturated heterocycles. The van der Waals surface area contributed by atoms with E-state index < -0.39 is 7.60 Å². The Morgan fingerprint density at radius 1 is 1.18 bits per heavy atom. The molecule has 0 aliphatic heterocycles. The monoisotopic (exact) mass is 281 g/mol. The van der Waals surface area contributed by atoms with Gasteiger partial charge in [0.1, 0.15) is 0 Å². The molecular formula is C8H13ClN3O4P. The zero-order chi connectivity index (χ0) is 12.9. The van der Waals surface area contributed by atoms with Crippen LogP contribution in [0.1, 0.15) is 13.8 Å². The standard InChI is InChI=1S/C8H13ClN3O4P/c1-4-15-17(13,16-5-2)8-11-6(9)10-7(12-8)14-3/h4-5H2,1-3H3. The van der Waals surface area contributed by atoms with Crippen LogP contribution in [0.4, 0.5) is 0 Å². The van der Waals surface area contributed by atoms with Gasteiger partial charge in [-0.2, -0.15) is 15.0 Å². The van der Waals surface area contributed by atoms with Crippen LogP contribution < -0.4 is 10.3 Å². The highest BCUT2D eigenvalue weighted by Crippen LogP contribution is 2.45. The van der Waals surface area contributed by atoms with Gasteiger partial charge in [-0.1, -0.05) is 0 Å². The fourth-order valence-electron chi connectivity index (χ4n) is 1.03. The summed E-state index contributed by atoms with van der Waals surface area (Å²) in [5.74, 6) is 0. The first-order valence-electron chi connectivity index (χ1n) is 4.91. The van der Waals surface area contributed by atoms with E-state index >= 15 is 0 Å². The highest BCUT2D eigenvalue weighted by molar-refractivity contribution is 7.61. The minimum Gasteiger partial charge on any atom is -0.467 e. The lowest BCUT2D eigenvalue weighted by molar-refractivity contribution is 0.228. The van der Waals surface area contributed by atoms with E-state index in [1.165, 1.54) is 7.11 Å². The first kappa shape index (κ1) is 14.3. The van der Waals surface area contributed by atoms with Crippen LogP contribution in [-0.4, -0.2) is 35.3 Å². The summed E-state index contributed by atoms with van der Waals surface area (Å²) in [5, 5.41) is -0.133. The highest BCUT2D eigenvalue weighted by atomic mass is 35.5. The van der Waals surface area contributed by atoms with Crippen molar-refractivity contribution in [3.8, 4) is 6.01 Å². The largest absolute Gasteiger partial charge is 0.467 e. The summed E-state index contributed by atoms with van der Waals surface area (Å²) in [5.41, 5.74) is -0.155. The van der Waals surface area contributed by atoms with Crippen LogP contribution in [0.25, 0.3) is 0 Å². The van der Waals surface area contributed by atoms with Crippen molar-refractivity contribution in [1.29, 1.82) is 0 Å². The molecule has 0 radical (unpaired) electrons. The van der Waals surface area contributed by atoms with Gasteiger partial charge in [-0.05, 0) is 25.4 Å². The predicted molar refractivity (Wildman–Crippen MR) is 61.9 cm³/mol. The molecule has 0 aliphatic rings. The molecule has 0 aliphatic carbocycles. The summed E-state index contributed by atoms with van der Waals surface area (Å²) in [7, 11) is -2.20. The van der Waals surface area contributed by atoms with Gasteiger partial charge in [0.05, 0.1) is 20.3 Å². The first-order valence-corrected chi connectivity index (χ1v) is 6.83. The van der Waals surface area contributed by atoms with Crippen LogP contribution in [0.5, 0.6) is 6.01 Å². The fourth-order valence-corrected chi connectivity index (χ4v) is 2.65. The molecule has 1 rings (SSSR count). The number of halogens is 1. The average Bonchev–Trinajstić information content (AvgIpc) is 2.28. The lowest BCUT2D eigenvalue weighted by Crippen LogP contribution is -2.20. The number of hydrogen-bond acceptors (Lipinski definition) is 7. The molecule has 0 N–H and O–H groups in total. The fraction of sp³-hybridized carbons (Fsp3) is 0.625. The van der Waals surface area contributed by atoms with Gasteiger partial charge in [-0.3, -0.25) is 4.57 Å². The summed E-state index contributed by atoms with van der Waals surface area (Å²) < 4.78 is 27.3. The number of nitrogens with zero attached hydrogens (tertiary/aromatic N) is 3. The number of hydrogen-bond donors (Lipinski definition) is 0. The summed E-state index contributed by atoms with van der Waals surface area (Å²) >= 11 is 5.66. The molecule has 0 unspecified atom stereocenters. The zero-order valence-corrected chi connectivity index (χ0v) is 11.4. The van der Waals surface area contributed by atoms with Crippen LogP contribution in [0.2, 0.25) is 5.28 Å². The Kier molecular flexibility index (Phi) is 5.27. The van der Waals surface area contributed by atoms with E-state index in [2.05, 4.69) is 15.0 Å². The SMILES string of the molecule is CCOP(=O)(OCC)c1nc(Cl)nc(OC)n1. The predicted octanol–water partition coefficient (Wildman–Crippen LogP) is 1.43. The third-order valence-corrected chi connectivity index (χ3v) is 3.66. The average molecular weight is 282 g/mol. The molecule has 96 valence electrons. The van der Waals surface area contributed by atoms with E-state index in [0.717, 1.165) is 0 Å². The Labute approximate surface area is 104 Å². The quantitative estimate of drug-likeness (QED) is 0.729. The third kappa shape index (κ3) is 3.61. The van der Waals surface area contributed by atoms with Crippen molar-refractivity contribution < 1.29 is 18.3 Å². The Bertz CT molecular complexity index is 421. The van der Waals surface area contributed by atoms with Gasteiger partial charge < -0.3 is 13.8 Å². The van der Waals surface area contributed by atoms with Crippen LogP contribution in [-0.2, 0) is 13.6 Å². The minimum atomic E-state index is -3.57. The maximum Gasteiger partial charge on any atom is 0.398 e. The Hall–Kier alpha value is -0.750. The van der Waals surface area contributed by atoms with E-state index in [-0.39, 0.29) is 30.1 Å². The molecule has 1 aromatic heterocycles. The van der Waals surface area contributed by atoms with Crippen LogP contribution in [0.15, 0.2) is 0 Å². The Morgan fingerprint density at radius 2 is 1.76 bits per heavy atom. The van der Waals surface area contributed by atoms with Crippen molar-refractivity contribution in [2.24, 2.45) is 0 Å². The van der Waals surface area contributed by atoms with E-state index in [1.54, 1.807) is 13.8 Å². The Morgan fingerprint density at radius 3 is 2.24 bits per heavy atom. The topological polar surface area (TPSA) is 83.4 Å². The van der Waals surface area contributed by atoms with Crippen molar-refractivity contribution in [3.05, 3.63) is 5.28 Å². The molecule has 9 heteroatoms. The van der Waals surface area contributed by atoms with E-state index in [9.17, 15) is 4.57 Å². The smallest absolute Gasteiger partial charge is 0.398 e. The van der Waals surface area contributed by atoms with Crippen molar-refractivity contribution in [2.75, 3.05) is 20.3 Å². The summed E-state index contributed by atoms with van der Waals surface area (Å²) in [6.07, 6.45) is 0. The molecule has 1 aromatic rings. The second-order valence-corrected chi connectivity index (χ2v) is 4.97. The van der Waals surface area contributed by atoms with Crippen LogP contribution >= 0.6 is 19.2 Å². The summed E-state index contributed by atoms with van der Waals surface area (Å²) in [6.45, 7) is 3.77. The molecular weight excluding hydrogens is 269 g/mol. The van der Waals surface area contributed by atoms with Crippen molar-refractivity contribution in [3.63, 3.8) is 0 Å². The van der Waals surface area contributed by atoms with Crippen molar-refractivity contribution in [2.45, 2.75) is 13.8 Å². The lowest BCUT2D eigenvalue weighted by Gasteiger charge is -2.15. The Balaban J connectivity index is 3.18. The highest BCUT2D eigenvalue weighted by Gasteiger charge is 2.32. The van der Waals surface area contributed by atoms with Crippen LogP contribution in [0, 0.1) is 0 Å². The van der Waals surface area contributed by atoms with Gasteiger partial charge >= 0.3 is 13.6 Å². The molecule has 0 atom stereocenters. The van der Waals surface area contributed by atoms with Crippen molar-refractivity contribution >= 4 is 24.8 Å². The van der Waals surface area contributed by atoms with Gasteiger partial charge in [-0.25, -0.2) is 0 Å². The van der Waals surface area contributed by atoms with Crippen LogP contribution in [0.3, 0.4) is 0 Å². The molecule has 0 bridgehead atoms. The minimum absolute atomic E-state index is 0.0420. The molecule has 7 nitrogen and oxygen atoms in total. The molecule has 0 amide bonds. The first-order chi connectivity index (χ1) is 8.05. The second kappa shape index (κ2) is 6.26. The normalized spacial score (nSPS) is 11.5. The number of aromatic nitrogens is 3. The number of methoxy groups -OCH3 is 1. The third-order valence-electron chi connectivity index (χ3n) is 1.60. The summed E-state index contributed by atoms with van der Waals surface area (Å²) in [4.78, 5) is 11.2. The van der Waals surface area contributed by atoms with Gasteiger partial charge in [0, 0.05) is 0 Å². The molecule has 0 fully saturated rings. The lowest BCUT2D eigenvalue weighted by atomic mass is 10.9.